The first-order valence-corrected chi connectivity index (χ1v) is 6.29. The van der Waals surface area contributed by atoms with E-state index in [4.69, 9.17) is 4.52 Å². The van der Waals surface area contributed by atoms with E-state index in [-0.39, 0.29) is 5.41 Å². The van der Waals surface area contributed by atoms with E-state index in [1.807, 2.05) is 30.3 Å². The summed E-state index contributed by atoms with van der Waals surface area (Å²) in [6.07, 6.45) is 0. The summed E-state index contributed by atoms with van der Waals surface area (Å²) in [5.41, 5.74) is 2.04. The van der Waals surface area contributed by atoms with Crippen molar-refractivity contribution in [2.45, 2.75) is 26.2 Å². The maximum Gasteiger partial charge on any atom is 0.156 e. The average molecular weight is 327 g/mol. The van der Waals surface area contributed by atoms with Gasteiger partial charge in [-0.05, 0) is 22.6 Å². The van der Waals surface area contributed by atoms with Gasteiger partial charge in [-0.15, -0.1) is 0 Å². The lowest BCUT2D eigenvalue weighted by molar-refractivity contribution is 0.329. The number of benzene rings is 1. The van der Waals surface area contributed by atoms with Crippen molar-refractivity contribution in [1.29, 1.82) is 0 Å². The smallest absolute Gasteiger partial charge is 0.156 e. The Morgan fingerprint density at radius 2 is 1.75 bits per heavy atom. The molecule has 0 radical (unpaired) electrons. The van der Waals surface area contributed by atoms with Gasteiger partial charge in [-0.2, -0.15) is 0 Å². The van der Waals surface area contributed by atoms with Crippen LogP contribution in [-0.2, 0) is 5.41 Å². The van der Waals surface area contributed by atoms with Crippen LogP contribution in [0.4, 0.5) is 0 Å². The van der Waals surface area contributed by atoms with Crippen LogP contribution in [0.3, 0.4) is 0 Å². The van der Waals surface area contributed by atoms with Crippen molar-refractivity contribution in [1.82, 2.24) is 5.16 Å². The van der Waals surface area contributed by atoms with E-state index >= 15 is 0 Å². The van der Waals surface area contributed by atoms with Crippen molar-refractivity contribution in [2.24, 2.45) is 0 Å². The van der Waals surface area contributed by atoms with E-state index in [2.05, 4.69) is 48.5 Å². The molecule has 0 aliphatic heterocycles. The summed E-state index contributed by atoms with van der Waals surface area (Å²) in [5, 5.41) is 4.17. The first kappa shape index (κ1) is 11.6. The van der Waals surface area contributed by atoms with Gasteiger partial charge in [0.15, 0.2) is 5.76 Å². The minimum Gasteiger partial charge on any atom is -0.359 e. The Balaban J connectivity index is 2.50. The lowest BCUT2D eigenvalue weighted by atomic mass is 9.93. The summed E-state index contributed by atoms with van der Waals surface area (Å²) in [7, 11) is 0. The quantitative estimate of drug-likeness (QED) is 0.732. The van der Waals surface area contributed by atoms with E-state index in [0.717, 1.165) is 20.6 Å². The molecule has 0 saturated heterocycles. The first-order valence-electron chi connectivity index (χ1n) is 5.21. The standard InChI is InChI=1S/C13H14INO/c1-13(2,3)12-10(14)11(15-16-12)9-7-5-4-6-8-9/h4-8H,1-3H3. The normalized spacial score (nSPS) is 11.8. The van der Waals surface area contributed by atoms with Crippen LogP contribution in [0.25, 0.3) is 11.3 Å². The Kier molecular flexibility index (Phi) is 3.06. The summed E-state index contributed by atoms with van der Waals surface area (Å²) >= 11 is 2.31. The van der Waals surface area contributed by atoms with Gasteiger partial charge in [0.2, 0.25) is 0 Å². The van der Waals surface area contributed by atoms with Crippen molar-refractivity contribution < 1.29 is 4.52 Å². The predicted octanol–water partition coefficient (Wildman–Crippen LogP) is 4.24. The molecule has 0 aliphatic rings. The number of aromatic nitrogens is 1. The Bertz CT molecular complexity index is 482. The van der Waals surface area contributed by atoms with E-state index < -0.39 is 0 Å². The molecule has 0 bridgehead atoms. The number of rotatable bonds is 1. The molecule has 0 spiro atoms. The topological polar surface area (TPSA) is 26.0 Å². The van der Waals surface area contributed by atoms with E-state index in [1.165, 1.54) is 0 Å². The van der Waals surface area contributed by atoms with Crippen molar-refractivity contribution in [2.75, 3.05) is 0 Å². The largest absolute Gasteiger partial charge is 0.359 e. The molecule has 0 N–H and O–H groups in total. The highest BCUT2D eigenvalue weighted by molar-refractivity contribution is 14.1. The van der Waals surface area contributed by atoms with E-state index in [0.29, 0.717) is 0 Å². The molecule has 16 heavy (non-hydrogen) atoms. The molecular weight excluding hydrogens is 313 g/mol. The van der Waals surface area contributed by atoms with Crippen molar-refractivity contribution >= 4 is 22.6 Å². The van der Waals surface area contributed by atoms with Crippen LogP contribution < -0.4 is 0 Å². The van der Waals surface area contributed by atoms with Crippen LogP contribution in [0.2, 0.25) is 0 Å². The molecule has 1 aromatic heterocycles. The van der Waals surface area contributed by atoms with Gasteiger partial charge in [0.25, 0.3) is 0 Å². The minimum atomic E-state index is -0.00342. The Labute approximate surface area is 109 Å². The second kappa shape index (κ2) is 4.20. The fraction of sp³-hybridized carbons (Fsp3) is 0.308. The van der Waals surface area contributed by atoms with Crippen LogP contribution in [0.1, 0.15) is 26.5 Å². The molecule has 0 amide bonds. The fourth-order valence-corrected chi connectivity index (χ4v) is 2.84. The fourth-order valence-electron chi connectivity index (χ4n) is 1.52. The van der Waals surface area contributed by atoms with Gasteiger partial charge in [-0.3, -0.25) is 0 Å². The van der Waals surface area contributed by atoms with Gasteiger partial charge in [-0.1, -0.05) is 56.3 Å². The molecule has 0 aliphatic carbocycles. The molecule has 0 atom stereocenters. The van der Waals surface area contributed by atoms with Crippen LogP contribution in [0, 0.1) is 3.57 Å². The van der Waals surface area contributed by atoms with Crippen LogP contribution in [0.15, 0.2) is 34.9 Å². The Morgan fingerprint density at radius 3 is 2.25 bits per heavy atom. The lowest BCUT2D eigenvalue weighted by Crippen LogP contribution is -2.11. The summed E-state index contributed by atoms with van der Waals surface area (Å²) in [6, 6.07) is 10.1. The third-order valence-electron chi connectivity index (χ3n) is 2.36. The highest BCUT2D eigenvalue weighted by Gasteiger charge is 2.25. The van der Waals surface area contributed by atoms with Crippen molar-refractivity contribution in [3.05, 3.63) is 39.7 Å². The number of hydrogen-bond acceptors (Lipinski definition) is 2. The molecule has 0 fully saturated rings. The minimum absolute atomic E-state index is 0.00342. The molecular formula is C13H14INO. The number of hydrogen-bond donors (Lipinski definition) is 0. The van der Waals surface area contributed by atoms with Gasteiger partial charge >= 0.3 is 0 Å². The monoisotopic (exact) mass is 327 g/mol. The molecule has 1 heterocycles. The zero-order chi connectivity index (χ0) is 11.8. The highest BCUT2D eigenvalue weighted by Crippen LogP contribution is 2.33. The lowest BCUT2D eigenvalue weighted by Gasteiger charge is -2.13. The number of halogens is 1. The molecule has 2 rings (SSSR count). The van der Waals surface area contributed by atoms with E-state index in [9.17, 15) is 0 Å². The van der Waals surface area contributed by atoms with Gasteiger partial charge in [-0.25, -0.2) is 0 Å². The van der Waals surface area contributed by atoms with Gasteiger partial charge in [0.05, 0.1) is 3.57 Å². The molecule has 2 nitrogen and oxygen atoms in total. The Hall–Kier alpha value is -0.840. The highest BCUT2D eigenvalue weighted by atomic mass is 127. The Morgan fingerprint density at radius 1 is 1.12 bits per heavy atom. The van der Waals surface area contributed by atoms with Crippen LogP contribution in [-0.4, -0.2) is 5.16 Å². The zero-order valence-electron chi connectivity index (χ0n) is 9.62. The van der Waals surface area contributed by atoms with E-state index in [1.54, 1.807) is 0 Å². The van der Waals surface area contributed by atoms with Crippen molar-refractivity contribution in [3.63, 3.8) is 0 Å². The molecule has 1 aromatic carbocycles. The first-order chi connectivity index (χ1) is 7.50. The molecule has 3 heteroatoms. The maximum absolute atomic E-state index is 5.46. The third-order valence-corrected chi connectivity index (χ3v) is 3.36. The van der Waals surface area contributed by atoms with Gasteiger partial charge in [0, 0.05) is 11.0 Å². The summed E-state index contributed by atoms with van der Waals surface area (Å²) < 4.78 is 6.56. The third kappa shape index (κ3) is 2.14. The molecule has 0 saturated carbocycles. The van der Waals surface area contributed by atoms with Crippen LogP contribution in [0.5, 0.6) is 0 Å². The maximum atomic E-state index is 5.46. The average Bonchev–Trinajstić information content (AvgIpc) is 2.61. The molecule has 84 valence electrons. The predicted molar refractivity (Wildman–Crippen MR) is 73.4 cm³/mol. The summed E-state index contributed by atoms with van der Waals surface area (Å²) in [5.74, 6) is 0.951. The molecule has 2 aromatic rings. The zero-order valence-corrected chi connectivity index (χ0v) is 11.8. The van der Waals surface area contributed by atoms with Gasteiger partial charge < -0.3 is 4.52 Å². The summed E-state index contributed by atoms with van der Waals surface area (Å²) in [4.78, 5) is 0. The van der Waals surface area contributed by atoms with Gasteiger partial charge in [0.1, 0.15) is 5.69 Å². The molecule has 0 unspecified atom stereocenters. The second-order valence-electron chi connectivity index (χ2n) is 4.79. The summed E-state index contributed by atoms with van der Waals surface area (Å²) in [6.45, 7) is 6.39. The SMILES string of the molecule is CC(C)(C)c1onc(-c2ccccc2)c1I. The van der Waals surface area contributed by atoms with Crippen LogP contribution >= 0.6 is 22.6 Å². The van der Waals surface area contributed by atoms with Crippen molar-refractivity contribution in [3.8, 4) is 11.3 Å². The number of nitrogens with zero attached hydrogens (tertiary/aromatic N) is 1. The second-order valence-corrected chi connectivity index (χ2v) is 5.87.